The van der Waals surface area contributed by atoms with E-state index in [4.69, 9.17) is 0 Å². The Morgan fingerprint density at radius 3 is 2.55 bits per heavy atom. The Kier molecular flexibility index (Phi) is 3.03. The third-order valence-electron chi connectivity index (χ3n) is 2.72. The van der Waals surface area contributed by atoms with Crippen molar-refractivity contribution in [3.8, 4) is 0 Å². The molecule has 0 spiro atoms. The van der Waals surface area contributed by atoms with Crippen molar-refractivity contribution in [3.63, 3.8) is 0 Å². The number of anilines is 1. The lowest BCUT2D eigenvalue weighted by atomic mass is 10.2. The van der Waals surface area contributed by atoms with Gasteiger partial charge in [0, 0.05) is 35.6 Å². The van der Waals surface area contributed by atoms with Gasteiger partial charge in [0.05, 0.1) is 4.90 Å². The van der Waals surface area contributed by atoms with Crippen LogP contribution in [0.2, 0.25) is 0 Å². The highest BCUT2D eigenvalue weighted by Gasteiger charge is 2.18. The molecular weight excluding hydrogens is 276 g/mol. The lowest BCUT2D eigenvalue weighted by Crippen LogP contribution is -2.15. The molecule has 0 radical (unpaired) electrons. The Morgan fingerprint density at radius 1 is 0.950 bits per heavy atom. The van der Waals surface area contributed by atoms with Crippen molar-refractivity contribution >= 4 is 26.7 Å². The lowest BCUT2D eigenvalue weighted by molar-refractivity contribution is 0.601. The monoisotopic (exact) mass is 286 g/mol. The Hall–Kier alpha value is -2.54. The number of sulfonamides is 1. The van der Waals surface area contributed by atoms with E-state index in [1.54, 1.807) is 36.7 Å². The number of nitrogens with one attached hydrogen (secondary N) is 1. The molecule has 3 rings (SSSR count). The molecule has 0 saturated heterocycles. The molecule has 0 aliphatic carbocycles. The Balaban J connectivity index is 2.10. The summed E-state index contributed by atoms with van der Waals surface area (Å²) < 4.78 is 27.2. The zero-order chi connectivity index (χ0) is 14.0. The maximum Gasteiger partial charge on any atom is 0.264 e. The van der Waals surface area contributed by atoms with Crippen molar-refractivity contribution < 1.29 is 8.42 Å². The van der Waals surface area contributed by atoms with E-state index in [-0.39, 0.29) is 10.8 Å². The van der Waals surface area contributed by atoms with Crippen molar-refractivity contribution in [3.05, 3.63) is 55.1 Å². The average Bonchev–Trinajstić information content (AvgIpc) is 2.47. The van der Waals surface area contributed by atoms with E-state index in [1.165, 1.54) is 18.5 Å². The fourth-order valence-electron chi connectivity index (χ4n) is 1.85. The third kappa shape index (κ3) is 2.30. The van der Waals surface area contributed by atoms with E-state index < -0.39 is 10.0 Å². The summed E-state index contributed by atoms with van der Waals surface area (Å²) in [6.07, 6.45) is 6.11. The number of fused-ring (bicyclic) bond motifs is 1. The number of hydrogen-bond acceptors (Lipinski definition) is 5. The summed E-state index contributed by atoms with van der Waals surface area (Å²) in [5.41, 5.74) is 0. The van der Waals surface area contributed by atoms with Crippen LogP contribution in [-0.2, 0) is 10.0 Å². The van der Waals surface area contributed by atoms with Crippen molar-refractivity contribution in [2.75, 3.05) is 4.72 Å². The van der Waals surface area contributed by atoms with E-state index in [2.05, 4.69) is 19.7 Å². The molecule has 0 unspecified atom stereocenters. The second-order valence-corrected chi connectivity index (χ2v) is 5.68. The molecule has 0 bridgehead atoms. The molecule has 0 aliphatic rings. The number of nitrogens with zero attached hydrogens (tertiary/aromatic N) is 3. The number of pyridine rings is 1. The number of benzene rings is 1. The first-order valence-corrected chi connectivity index (χ1v) is 7.28. The molecule has 0 atom stereocenters. The molecule has 2 heterocycles. The standard InChI is InChI=1S/C13H10N4O2S/c18-20(19,17-13-15-6-2-7-16-13)12-4-1-3-10-9-14-8-5-11(10)12/h1-9H,(H,15,16,17). The Morgan fingerprint density at radius 2 is 1.75 bits per heavy atom. The summed E-state index contributed by atoms with van der Waals surface area (Å²) in [5, 5.41) is 1.36. The van der Waals surface area contributed by atoms with Crippen LogP contribution in [0.5, 0.6) is 0 Å². The minimum atomic E-state index is -3.74. The van der Waals surface area contributed by atoms with Gasteiger partial charge >= 0.3 is 0 Å². The fourth-order valence-corrected chi connectivity index (χ4v) is 3.04. The molecule has 0 aliphatic heterocycles. The number of aromatic nitrogens is 3. The maximum atomic E-state index is 12.4. The van der Waals surface area contributed by atoms with Gasteiger partial charge in [0.2, 0.25) is 5.95 Å². The van der Waals surface area contributed by atoms with E-state index >= 15 is 0 Å². The minimum absolute atomic E-state index is 0.0403. The molecule has 6 nitrogen and oxygen atoms in total. The van der Waals surface area contributed by atoms with Crippen LogP contribution in [0.3, 0.4) is 0 Å². The van der Waals surface area contributed by atoms with E-state index in [0.29, 0.717) is 5.39 Å². The maximum absolute atomic E-state index is 12.4. The zero-order valence-corrected chi connectivity index (χ0v) is 11.1. The van der Waals surface area contributed by atoms with Crippen LogP contribution in [0, 0.1) is 0 Å². The molecule has 1 N–H and O–H groups in total. The van der Waals surface area contributed by atoms with Crippen LogP contribution in [0.1, 0.15) is 0 Å². The minimum Gasteiger partial charge on any atom is -0.264 e. The number of rotatable bonds is 3. The summed E-state index contributed by atoms with van der Waals surface area (Å²) >= 11 is 0. The van der Waals surface area contributed by atoms with Gasteiger partial charge in [0.1, 0.15) is 0 Å². The first-order chi connectivity index (χ1) is 9.67. The highest BCUT2D eigenvalue weighted by atomic mass is 32.2. The number of hydrogen-bond donors (Lipinski definition) is 1. The van der Waals surface area contributed by atoms with E-state index in [1.807, 2.05) is 0 Å². The predicted octanol–water partition coefficient (Wildman–Crippen LogP) is 1.83. The molecule has 100 valence electrons. The normalized spacial score (nSPS) is 11.4. The summed E-state index contributed by atoms with van der Waals surface area (Å²) in [7, 11) is -3.74. The van der Waals surface area contributed by atoms with Crippen LogP contribution in [0.15, 0.2) is 60.0 Å². The van der Waals surface area contributed by atoms with Gasteiger partial charge in [-0.25, -0.2) is 23.1 Å². The molecule has 2 aromatic heterocycles. The largest absolute Gasteiger partial charge is 0.264 e. The van der Waals surface area contributed by atoms with Crippen molar-refractivity contribution in [2.45, 2.75) is 4.90 Å². The van der Waals surface area contributed by atoms with Crippen LogP contribution >= 0.6 is 0 Å². The zero-order valence-electron chi connectivity index (χ0n) is 10.3. The highest BCUT2D eigenvalue weighted by Crippen LogP contribution is 2.23. The second-order valence-electron chi connectivity index (χ2n) is 4.03. The molecule has 0 fully saturated rings. The SMILES string of the molecule is O=S(=O)(Nc1ncccn1)c1cccc2cnccc12. The summed E-state index contributed by atoms with van der Waals surface area (Å²) in [5.74, 6) is 0.0403. The van der Waals surface area contributed by atoms with Crippen molar-refractivity contribution in [1.82, 2.24) is 15.0 Å². The van der Waals surface area contributed by atoms with Gasteiger partial charge in [0.25, 0.3) is 10.0 Å². The molecule has 20 heavy (non-hydrogen) atoms. The van der Waals surface area contributed by atoms with Crippen LogP contribution < -0.4 is 4.72 Å². The van der Waals surface area contributed by atoms with Gasteiger partial charge in [-0.05, 0) is 18.2 Å². The molecule has 0 saturated carbocycles. The highest BCUT2D eigenvalue weighted by molar-refractivity contribution is 7.93. The molecular formula is C13H10N4O2S. The van der Waals surface area contributed by atoms with Crippen molar-refractivity contribution in [2.24, 2.45) is 0 Å². The lowest BCUT2D eigenvalue weighted by Gasteiger charge is -2.08. The quantitative estimate of drug-likeness (QED) is 0.794. The smallest absolute Gasteiger partial charge is 0.264 e. The predicted molar refractivity (Wildman–Crippen MR) is 74.6 cm³/mol. The fraction of sp³-hybridized carbons (Fsp3) is 0. The van der Waals surface area contributed by atoms with Crippen LogP contribution in [0.25, 0.3) is 10.8 Å². The van der Waals surface area contributed by atoms with Crippen molar-refractivity contribution in [1.29, 1.82) is 0 Å². The van der Waals surface area contributed by atoms with E-state index in [9.17, 15) is 8.42 Å². The van der Waals surface area contributed by atoms with Crippen LogP contribution in [-0.4, -0.2) is 23.4 Å². The molecule has 0 amide bonds. The average molecular weight is 286 g/mol. The van der Waals surface area contributed by atoms with Gasteiger partial charge in [-0.15, -0.1) is 0 Å². The second kappa shape index (κ2) is 4.86. The van der Waals surface area contributed by atoms with Gasteiger partial charge in [-0.2, -0.15) is 0 Å². The first kappa shape index (κ1) is 12.5. The van der Waals surface area contributed by atoms with Gasteiger partial charge in [-0.1, -0.05) is 12.1 Å². The summed E-state index contributed by atoms with van der Waals surface area (Å²) in [6, 6.07) is 8.29. The van der Waals surface area contributed by atoms with E-state index in [0.717, 1.165) is 5.39 Å². The van der Waals surface area contributed by atoms with Gasteiger partial charge in [0.15, 0.2) is 0 Å². The molecule has 3 aromatic rings. The van der Waals surface area contributed by atoms with Gasteiger partial charge < -0.3 is 0 Å². The topological polar surface area (TPSA) is 84.8 Å². The Bertz CT molecular complexity index is 845. The summed E-state index contributed by atoms with van der Waals surface area (Å²) in [6.45, 7) is 0. The summed E-state index contributed by atoms with van der Waals surface area (Å²) in [4.78, 5) is 11.9. The first-order valence-electron chi connectivity index (χ1n) is 5.79. The third-order valence-corrected chi connectivity index (χ3v) is 4.11. The van der Waals surface area contributed by atoms with Gasteiger partial charge in [-0.3, -0.25) is 4.98 Å². The van der Waals surface area contributed by atoms with Crippen LogP contribution in [0.4, 0.5) is 5.95 Å². The Labute approximate surface area is 115 Å². The molecule has 7 heteroatoms. The molecule has 1 aromatic carbocycles.